The van der Waals surface area contributed by atoms with E-state index in [1.165, 1.54) is 6.92 Å². The molecule has 0 aliphatic carbocycles. The molecule has 0 aliphatic rings. The summed E-state index contributed by atoms with van der Waals surface area (Å²) in [4.78, 5) is 17.9. The molecule has 164 valence electrons. The molecule has 0 fully saturated rings. The van der Waals surface area contributed by atoms with Crippen LogP contribution in [0.25, 0.3) is 0 Å². The fourth-order valence-corrected chi connectivity index (χ4v) is 2.82. The summed E-state index contributed by atoms with van der Waals surface area (Å²) in [5.41, 5.74) is 1.80. The third-order valence-corrected chi connectivity index (χ3v) is 4.07. The summed E-state index contributed by atoms with van der Waals surface area (Å²) in [5, 5.41) is 6.05. The zero-order valence-electron chi connectivity index (χ0n) is 18.0. The lowest BCUT2D eigenvalue weighted by atomic mass is 10.2. The molecular weight excluding hydrogens is 495 g/mol. The van der Waals surface area contributed by atoms with Crippen LogP contribution in [0.4, 0.5) is 5.69 Å². The Balaban J connectivity index is 0.00000450. The maximum absolute atomic E-state index is 11.2. The van der Waals surface area contributed by atoms with E-state index >= 15 is 0 Å². The third-order valence-electron chi connectivity index (χ3n) is 4.07. The Morgan fingerprint density at radius 3 is 2.63 bits per heavy atom. The monoisotopic (exact) mass is 526 g/mol. The van der Waals surface area contributed by atoms with E-state index in [9.17, 15) is 4.79 Å². The number of nitrogens with zero attached hydrogens (tertiary/aromatic N) is 2. The summed E-state index contributed by atoms with van der Waals surface area (Å²) in [6.07, 6.45) is 0. The van der Waals surface area contributed by atoms with Crippen LogP contribution < -0.4 is 20.1 Å². The van der Waals surface area contributed by atoms with E-state index in [0.29, 0.717) is 31.1 Å². The van der Waals surface area contributed by atoms with Crippen LogP contribution in [0.1, 0.15) is 19.4 Å². The largest absolute Gasteiger partial charge is 0.496 e. The smallest absolute Gasteiger partial charge is 0.221 e. The molecule has 0 unspecified atom stereocenters. The van der Waals surface area contributed by atoms with Gasteiger partial charge in [0.1, 0.15) is 18.1 Å². The van der Waals surface area contributed by atoms with Crippen LogP contribution in [0, 0.1) is 0 Å². The second-order valence-corrected chi connectivity index (χ2v) is 6.46. The molecule has 0 radical (unpaired) electrons. The van der Waals surface area contributed by atoms with Crippen molar-refractivity contribution in [3.8, 4) is 11.5 Å². The molecule has 0 saturated carbocycles. The van der Waals surface area contributed by atoms with Crippen LogP contribution in [0.3, 0.4) is 0 Å². The van der Waals surface area contributed by atoms with Crippen LogP contribution >= 0.6 is 24.0 Å². The summed E-state index contributed by atoms with van der Waals surface area (Å²) in [6.45, 7) is 5.90. The lowest BCUT2D eigenvalue weighted by Gasteiger charge is -2.23. The van der Waals surface area contributed by atoms with E-state index in [-0.39, 0.29) is 29.9 Å². The van der Waals surface area contributed by atoms with Gasteiger partial charge in [-0.3, -0.25) is 4.79 Å². The van der Waals surface area contributed by atoms with Gasteiger partial charge in [-0.05, 0) is 25.1 Å². The minimum Gasteiger partial charge on any atom is -0.496 e. The Kier molecular flexibility index (Phi) is 11.7. The number of halogens is 1. The second-order valence-electron chi connectivity index (χ2n) is 6.46. The first-order chi connectivity index (χ1) is 14.0. The number of rotatable bonds is 9. The fraction of sp³-hybridized carbons (Fsp3) is 0.364. The molecule has 2 rings (SSSR count). The van der Waals surface area contributed by atoms with E-state index in [0.717, 1.165) is 23.8 Å². The highest BCUT2D eigenvalue weighted by atomic mass is 127. The number of hydrogen-bond acceptors (Lipinski definition) is 4. The molecule has 0 atom stereocenters. The average Bonchev–Trinajstić information content (AvgIpc) is 2.70. The van der Waals surface area contributed by atoms with Crippen molar-refractivity contribution in [1.29, 1.82) is 0 Å². The average molecular weight is 526 g/mol. The standard InChI is InChI=1S/C22H30N4O3.HI/c1-5-23-22(26(3)16-18-9-6-7-12-21(18)28-4)24-13-14-29-20-11-8-10-19(15-20)25-17(2)27;/h6-12,15H,5,13-14,16H2,1-4H3,(H,23,24)(H,25,27);1H. The van der Waals surface area contributed by atoms with Crippen molar-refractivity contribution in [2.24, 2.45) is 4.99 Å². The van der Waals surface area contributed by atoms with Gasteiger partial charge in [-0.25, -0.2) is 4.99 Å². The lowest BCUT2D eigenvalue weighted by Crippen LogP contribution is -2.38. The minimum absolute atomic E-state index is 0. The van der Waals surface area contributed by atoms with Crippen molar-refractivity contribution in [3.05, 3.63) is 54.1 Å². The second kappa shape index (κ2) is 13.7. The fourth-order valence-electron chi connectivity index (χ4n) is 2.82. The van der Waals surface area contributed by atoms with E-state index in [1.54, 1.807) is 13.2 Å². The Bertz CT molecular complexity index is 830. The van der Waals surface area contributed by atoms with Gasteiger partial charge in [-0.2, -0.15) is 0 Å². The number of benzene rings is 2. The van der Waals surface area contributed by atoms with Crippen molar-refractivity contribution < 1.29 is 14.3 Å². The van der Waals surface area contributed by atoms with Gasteiger partial charge in [-0.15, -0.1) is 24.0 Å². The van der Waals surface area contributed by atoms with Gasteiger partial charge in [0.2, 0.25) is 5.91 Å². The molecule has 0 bridgehead atoms. The Labute approximate surface area is 195 Å². The number of aliphatic imine (C=N–C) groups is 1. The molecule has 2 aromatic carbocycles. The van der Waals surface area contributed by atoms with E-state index in [2.05, 4.69) is 20.5 Å². The molecule has 0 heterocycles. The molecule has 30 heavy (non-hydrogen) atoms. The van der Waals surface area contributed by atoms with Crippen molar-refractivity contribution in [2.75, 3.05) is 39.2 Å². The molecule has 2 N–H and O–H groups in total. The molecule has 0 saturated heterocycles. The highest BCUT2D eigenvalue weighted by Gasteiger charge is 2.09. The Hall–Kier alpha value is -2.49. The number of carbonyl (C=O) groups excluding carboxylic acids is 1. The molecule has 8 heteroatoms. The lowest BCUT2D eigenvalue weighted by molar-refractivity contribution is -0.114. The van der Waals surface area contributed by atoms with Gasteiger partial charge in [0.05, 0.1) is 13.7 Å². The third kappa shape index (κ3) is 8.48. The van der Waals surface area contributed by atoms with Crippen LogP contribution in [-0.2, 0) is 11.3 Å². The van der Waals surface area contributed by atoms with E-state index in [4.69, 9.17) is 9.47 Å². The Morgan fingerprint density at radius 1 is 1.17 bits per heavy atom. The molecule has 7 nitrogen and oxygen atoms in total. The van der Waals surface area contributed by atoms with Gasteiger partial charge >= 0.3 is 0 Å². The zero-order chi connectivity index (χ0) is 21.1. The number of nitrogens with one attached hydrogen (secondary N) is 2. The van der Waals surface area contributed by atoms with Gasteiger partial charge in [-0.1, -0.05) is 24.3 Å². The quantitative estimate of drug-likeness (QED) is 0.226. The maximum atomic E-state index is 11.2. The molecule has 2 aromatic rings. The molecule has 0 spiro atoms. The minimum atomic E-state index is -0.111. The van der Waals surface area contributed by atoms with Crippen molar-refractivity contribution in [1.82, 2.24) is 10.2 Å². The summed E-state index contributed by atoms with van der Waals surface area (Å²) in [5.74, 6) is 2.24. The number of methoxy groups -OCH3 is 1. The number of guanidine groups is 1. The SMILES string of the molecule is CCNC(=NCCOc1cccc(NC(C)=O)c1)N(C)Cc1ccccc1OC.I. The number of hydrogen-bond donors (Lipinski definition) is 2. The normalized spacial score (nSPS) is 10.6. The number of para-hydroxylation sites is 1. The molecule has 0 aromatic heterocycles. The van der Waals surface area contributed by atoms with Crippen LogP contribution in [-0.4, -0.2) is 50.6 Å². The van der Waals surface area contributed by atoms with Gasteiger partial charge in [0.25, 0.3) is 0 Å². The van der Waals surface area contributed by atoms with Crippen molar-refractivity contribution >= 4 is 41.5 Å². The van der Waals surface area contributed by atoms with Gasteiger partial charge in [0.15, 0.2) is 5.96 Å². The summed E-state index contributed by atoms with van der Waals surface area (Å²) in [6, 6.07) is 15.3. The topological polar surface area (TPSA) is 75.2 Å². The zero-order valence-corrected chi connectivity index (χ0v) is 20.3. The number of ether oxygens (including phenoxy) is 2. The summed E-state index contributed by atoms with van der Waals surface area (Å²) >= 11 is 0. The number of amides is 1. The maximum Gasteiger partial charge on any atom is 0.221 e. The summed E-state index contributed by atoms with van der Waals surface area (Å²) < 4.78 is 11.2. The predicted molar refractivity (Wildman–Crippen MR) is 132 cm³/mol. The van der Waals surface area contributed by atoms with Crippen LogP contribution in [0.2, 0.25) is 0 Å². The molecule has 0 aliphatic heterocycles. The van der Waals surface area contributed by atoms with Crippen LogP contribution in [0.15, 0.2) is 53.5 Å². The summed E-state index contributed by atoms with van der Waals surface area (Å²) in [7, 11) is 3.67. The first-order valence-electron chi connectivity index (χ1n) is 9.65. The van der Waals surface area contributed by atoms with Crippen molar-refractivity contribution in [3.63, 3.8) is 0 Å². The first-order valence-corrected chi connectivity index (χ1v) is 9.65. The predicted octanol–water partition coefficient (Wildman–Crippen LogP) is 3.75. The number of carbonyl (C=O) groups is 1. The van der Waals surface area contributed by atoms with Gasteiger partial charge < -0.3 is 25.0 Å². The first kappa shape index (κ1) is 25.5. The molecule has 1 amide bonds. The van der Waals surface area contributed by atoms with Crippen molar-refractivity contribution in [2.45, 2.75) is 20.4 Å². The highest BCUT2D eigenvalue weighted by molar-refractivity contribution is 14.0. The molecular formula is C22H31IN4O3. The number of anilines is 1. The van der Waals surface area contributed by atoms with Crippen LogP contribution in [0.5, 0.6) is 11.5 Å². The highest BCUT2D eigenvalue weighted by Crippen LogP contribution is 2.19. The Morgan fingerprint density at radius 2 is 1.93 bits per heavy atom. The van der Waals surface area contributed by atoms with E-state index in [1.807, 2.05) is 56.4 Å². The van der Waals surface area contributed by atoms with E-state index < -0.39 is 0 Å². The van der Waals surface area contributed by atoms with Gasteiger partial charge in [0, 0.05) is 44.4 Å².